The summed E-state index contributed by atoms with van der Waals surface area (Å²) in [5, 5.41) is 16.2. The molecule has 0 radical (unpaired) electrons. The van der Waals surface area contributed by atoms with Crippen molar-refractivity contribution in [3.8, 4) is 0 Å². The molecule has 2 aromatic heterocycles. The molecular formula is C16H28N8O. The number of nitrogens with zero attached hydrogens (tertiary/aromatic N) is 8. The summed E-state index contributed by atoms with van der Waals surface area (Å²) in [7, 11) is 0. The van der Waals surface area contributed by atoms with E-state index in [-0.39, 0.29) is 0 Å². The van der Waals surface area contributed by atoms with Gasteiger partial charge >= 0.3 is 0 Å². The van der Waals surface area contributed by atoms with Crippen LogP contribution in [0.4, 0.5) is 0 Å². The Morgan fingerprint density at radius 1 is 1.04 bits per heavy atom. The average Bonchev–Trinajstić information content (AvgIpc) is 3.20. The van der Waals surface area contributed by atoms with E-state index >= 15 is 0 Å². The molecule has 0 N–H and O–H groups in total. The molecule has 3 rings (SSSR count). The minimum Gasteiger partial charge on any atom is -0.339 e. The van der Waals surface area contributed by atoms with E-state index in [1.165, 1.54) is 0 Å². The fraction of sp³-hybridized carbons (Fsp3) is 0.812. The van der Waals surface area contributed by atoms with Gasteiger partial charge in [-0.1, -0.05) is 25.4 Å². The van der Waals surface area contributed by atoms with Crippen molar-refractivity contribution in [2.45, 2.75) is 59.2 Å². The smallest absolute Gasteiger partial charge is 0.226 e. The van der Waals surface area contributed by atoms with Crippen molar-refractivity contribution in [3.63, 3.8) is 0 Å². The van der Waals surface area contributed by atoms with E-state index in [2.05, 4.69) is 42.4 Å². The Labute approximate surface area is 148 Å². The van der Waals surface area contributed by atoms with Gasteiger partial charge in [0, 0.05) is 26.1 Å². The molecule has 0 aliphatic carbocycles. The number of unbranched alkanes of at least 4 members (excludes halogenated alkanes) is 1. The normalized spacial score (nSPS) is 17.0. The maximum absolute atomic E-state index is 5.20. The zero-order valence-corrected chi connectivity index (χ0v) is 15.3. The number of aromatic nitrogens is 6. The lowest BCUT2D eigenvalue weighted by Gasteiger charge is -2.20. The summed E-state index contributed by atoms with van der Waals surface area (Å²) in [6.07, 6.45) is 4.16. The second-order valence-corrected chi connectivity index (χ2v) is 6.54. The Bertz CT molecular complexity index is 640. The Hall–Kier alpha value is -1.87. The van der Waals surface area contributed by atoms with E-state index in [0.29, 0.717) is 5.89 Å². The van der Waals surface area contributed by atoms with Gasteiger partial charge in [-0.15, -0.1) is 5.10 Å². The molecule has 1 saturated heterocycles. The zero-order valence-electron chi connectivity index (χ0n) is 15.3. The van der Waals surface area contributed by atoms with E-state index in [4.69, 9.17) is 4.52 Å². The van der Waals surface area contributed by atoms with E-state index in [1.807, 2.05) is 11.6 Å². The molecule has 9 heteroatoms. The third-order valence-electron chi connectivity index (χ3n) is 4.55. The molecule has 0 aromatic carbocycles. The van der Waals surface area contributed by atoms with Crippen molar-refractivity contribution in [1.29, 1.82) is 0 Å². The number of hydrogen-bond donors (Lipinski definition) is 0. The molecule has 0 atom stereocenters. The summed E-state index contributed by atoms with van der Waals surface area (Å²) in [6, 6.07) is 0. The van der Waals surface area contributed by atoms with Crippen LogP contribution in [0.1, 0.15) is 50.6 Å². The zero-order chi connectivity index (χ0) is 17.5. The molecule has 0 saturated carbocycles. The summed E-state index contributed by atoms with van der Waals surface area (Å²) in [6.45, 7) is 10.8. The second-order valence-electron chi connectivity index (χ2n) is 6.54. The third kappa shape index (κ3) is 5.05. The molecule has 1 fully saturated rings. The number of rotatable bonds is 8. The van der Waals surface area contributed by atoms with Gasteiger partial charge in [-0.2, -0.15) is 4.98 Å². The molecular weight excluding hydrogens is 320 g/mol. The lowest BCUT2D eigenvalue weighted by molar-refractivity contribution is 0.235. The van der Waals surface area contributed by atoms with Crippen LogP contribution < -0.4 is 0 Å². The van der Waals surface area contributed by atoms with Gasteiger partial charge in [0.1, 0.15) is 0 Å². The Morgan fingerprint density at radius 2 is 1.84 bits per heavy atom. The summed E-state index contributed by atoms with van der Waals surface area (Å²) in [4.78, 5) is 9.24. The van der Waals surface area contributed by atoms with Crippen LogP contribution in [0, 0.1) is 0 Å². The topological polar surface area (TPSA) is 89.0 Å². The van der Waals surface area contributed by atoms with E-state index in [9.17, 15) is 0 Å². The summed E-state index contributed by atoms with van der Waals surface area (Å²) in [5.74, 6) is 2.46. The van der Waals surface area contributed by atoms with Crippen molar-refractivity contribution in [2.24, 2.45) is 0 Å². The first kappa shape index (κ1) is 17.9. The van der Waals surface area contributed by atoms with E-state index in [0.717, 1.165) is 83.1 Å². The molecule has 0 unspecified atom stereocenters. The van der Waals surface area contributed by atoms with Crippen LogP contribution in [-0.2, 0) is 26.1 Å². The molecule has 2 aromatic rings. The quantitative estimate of drug-likeness (QED) is 0.701. The molecule has 3 heterocycles. The Kier molecular flexibility index (Phi) is 6.46. The monoisotopic (exact) mass is 348 g/mol. The van der Waals surface area contributed by atoms with Crippen molar-refractivity contribution >= 4 is 0 Å². The SMILES string of the molecule is CCCCn1nnnc1CN1CCCN(Cc2noc(CC)n2)CC1. The first-order valence-corrected chi connectivity index (χ1v) is 9.29. The number of hydrogen-bond acceptors (Lipinski definition) is 8. The summed E-state index contributed by atoms with van der Waals surface area (Å²) < 4.78 is 7.14. The van der Waals surface area contributed by atoms with Gasteiger partial charge in [0.25, 0.3) is 0 Å². The second kappa shape index (κ2) is 9.00. The fourth-order valence-electron chi connectivity index (χ4n) is 3.06. The van der Waals surface area contributed by atoms with Crippen LogP contribution in [0.25, 0.3) is 0 Å². The van der Waals surface area contributed by atoms with Crippen molar-refractivity contribution in [2.75, 3.05) is 26.2 Å². The molecule has 0 amide bonds. The third-order valence-corrected chi connectivity index (χ3v) is 4.55. The highest BCUT2D eigenvalue weighted by atomic mass is 16.5. The largest absolute Gasteiger partial charge is 0.339 e. The molecule has 0 spiro atoms. The van der Waals surface area contributed by atoms with E-state index < -0.39 is 0 Å². The molecule has 138 valence electrons. The lowest BCUT2D eigenvalue weighted by Crippen LogP contribution is -2.31. The van der Waals surface area contributed by atoms with Gasteiger partial charge in [0.05, 0.1) is 13.1 Å². The van der Waals surface area contributed by atoms with Crippen molar-refractivity contribution < 1.29 is 4.52 Å². The van der Waals surface area contributed by atoms with Crippen LogP contribution in [0.15, 0.2) is 4.52 Å². The first-order chi connectivity index (χ1) is 12.3. The maximum Gasteiger partial charge on any atom is 0.226 e. The van der Waals surface area contributed by atoms with Gasteiger partial charge in [-0.25, -0.2) is 4.68 Å². The molecule has 1 aliphatic heterocycles. The minimum absolute atomic E-state index is 0.713. The predicted molar refractivity (Wildman–Crippen MR) is 91.6 cm³/mol. The maximum atomic E-state index is 5.20. The first-order valence-electron chi connectivity index (χ1n) is 9.29. The standard InChI is InChI=1S/C16H28N8O/c1-3-5-9-24-15(18-20-21-24)13-23-8-6-7-22(10-11-23)12-14-17-16(4-2)25-19-14/h3-13H2,1-2H3. The van der Waals surface area contributed by atoms with Gasteiger partial charge in [0.2, 0.25) is 5.89 Å². The summed E-state index contributed by atoms with van der Waals surface area (Å²) >= 11 is 0. The average molecular weight is 348 g/mol. The highest BCUT2D eigenvalue weighted by Gasteiger charge is 2.19. The number of aryl methyl sites for hydroxylation is 2. The van der Waals surface area contributed by atoms with Crippen LogP contribution in [0.2, 0.25) is 0 Å². The highest BCUT2D eigenvalue weighted by Crippen LogP contribution is 2.10. The molecule has 25 heavy (non-hydrogen) atoms. The van der Waals surface area contributed by atoms with Crippen LogP contribution in [0.5, 0.6) is 0 Å². The van der Waals surface area contributed by atoms with Crippen LogP contribution in [-0.4, -0.2) is 66.3 Å². The Balaban J connectivity index is 1.50. The number of tetrazole rings is 1. The minimum atomic E-state index is 0.713. The predicted octanol–water partition coefficient (Wildman–Crippen LogP) is 1.13. The van der Waals surface area contributed by atoms with Gasteiger partial charge in [-0.3, -0.25) is 9.80 Å². The van der Waals surface area contributed by atoms with E-state index in [1.54, 1.807) is 0 Å². The summed E-state index contributed by atoms with van der Waals surface area (Å²) in [5.41, 5.74) is 0. The molecule has 1 aliphatic rings. The Morgan fingerprint density at radius 3 is 2.56 bits per heavy atom. The van der Waals surface area contributed by atoms with Gasteiger partial charge in [0.15, 0.2) is 11.6 Å². The lowest BCUT2D eigenvalue weighted by atomic mass is 10.3. The van der Waals surface area contributed by atoms with Crippen molar-refractivity contribution in [3.05, 3.63) is 17.5 Å². The fourth-order valence-corrected chi connectivity index (χ4v) is 3.06. The van der Waals surface area contributed by atoms with Crippen LogP contribution >= 0.6 is 0 Å². The van der Waals surface area contributed by atoms with Gasteiger partial charge in [-0.05, 0) is 36.4 Å². The van der Waals surface area contributed by atoms with Crippen LogP contribution in [0.3, 0.4) is 0 Å². The molecule has 0 bridgehead atoms. The molecule has 9 nitrogen and oxygen atoms in total. The highest BCUT2D eigenvalue weighted by molar-refractivity contribution is 4.87. The van der Waals surface area contributed by atoms with Gasteiger partial charge < -0.3 is 4.52 Å². The van der Waals surface area contributed by atoms with Crippen molar-refractivity contribution in [1.82, 2.24) is 40.1 Å².